The van der Waals surface area contributed by atoms with E-state index in [0.717, 1.165) is 0 Å². The van der Waals surface area contributed by atoms with Gasteiger partial charge in [0.1, 0.15) is 24.1 Å². The van der Waals surface area contributed by atoms with Crippen molar-refractivity contribution in [2.75, 3.05) is 14.2 Å². The molecule has 0 saturated heterocycles. The number of hydrogen-bond donors (Lipinski definition) is 0. The third kappa shape index (κ3) is 5.32. The average Bonchev–Trinajstić information content (AvgIpc) is 2.56. The van der Waals surface area contributed by atoms with E-state index in [1.54, 1.807) is 12.1 Å². The van der Waals surface area contributed by atoms with Crippen LogP contribution in [-0.4, -0.2) is 26.8 Å². The van der Waals surface area contributed by atoms with E-state index in [0.29, 0.717) is 12.6 Å². The van der Waals surface area contributed by atoms with Gasteiger partial charge in [0.15, 0.2) is 0 Å². The van der Waals surface area contributed by atoms with Crippen molar-refractivity contribution in [2.45, 2.75) is 0 Å². The number of carbonyl (C=O) groups is 2. The Hall–Kier alpha value is -2.50. The minimum Gasteiger partial charge on any atom is -0.869 e. The molecule has 0 saturated carbocycles. The first-order valence-electron chi connectivity index (χ1n) is 6.17. The minimum absolute atomic E-state index is 0. The summed E-state index contributed by atoms with van der Waals surface area (Å²) in [6.45, 7) is 0. The Morgan fingerprint density at radius 3 is 1.39 bits per heavy atom. The quantitative estimate of drug-likeness (QED) is 0.595. The van der Waals surface area contributed by atoms with Gasteiger partial charge in [0.05, 0.1) is 14.2 Å². The van der Waals surface area contributed by atoms with Crippen LogP contribution in [0.4, 0.5) is 0 Å². The molecule has 2 rings (SSSR count). The third-order valence-electron chi connectivity index (χ3n) is 2.71. The van der Waals surface area contributed by atoms with Gasteiger partial charge in [-0.25, -0.2) is 0 Å². The molecule has 2 aromatic rings. The van der Waals surface area contributed by atoms with Crippen LogP contribution in [0.15, 0.2) is 36.4 Å². The standard InChI is InChI=1S/2C8H8O3.Cu/c2*1-11-7-4-2-3-6(5-9)8(7)10;/h2*2-5,10H,1H3;/q;;+2/p-2. The molecule has 125 valence electrons. The van der Waals surface area contributed by atoms with Crippen LogP contribution in [0.5, 0.6) is 23.0 Å². The van der Waals surface area contributed by atoms with Gasteiger partial charge in [-0.15, -0.1) is 0 Å². The van der Waals surface area contributed by atoms with E-state index in [9.17, 15) is 19.8 Å². The van der Waals surface area contributed by atoms with Gasteiger partial charge in [0, 0.05) is 11.1 Å². The van der Waals surface area contributed by atoms with Crippen LogP contribution in [-0.2, 0) is 17.1 Å². The van der Waals surface area contributed by atoms with E-state index >= 15 is 0 Å². The Morgan fingerprint density at radius 1 is 0.783 bits per heavy atom. The Bertz CT molecular complexity index is 600. The van der Waals surface area contributed by atoms with Gasteiger partial charge < -0.3 is 19.7 Å². The SMILES string of the molecule is COc1cccc(C=O)c1[O-].COc1cccc(C=O)c1[O-].[Cu+2]. The van der Waals surface area contributed by atoms with Gasteiger partial charge >= 0.3 is 17.1 Å². The second-order valence-electron chi connectivity index (χ2n) is 3.99. The molecule has 0 unspecified atom stereocenters. The molecule has 0 aliphatic rings. The average molecular weight is 366 g/mol. The number of rotatable bonds is 4. The summed E-state index contributed by atoms with van der Waals surface area (Å²) in [6, 6.07) is 9.16. The summed E-state index contributed by atoms with van der Waals surface area (Å²) in [5.74, 6) is -0.306. The first-order chi connectivity index (χ1) is 10.6. The van der Waals surface area contributed by atoms with E-state index in [-0.39, 0.29) is 51.2 Å². The molecular weight excluding hydrogens is 352 g/mol. The fraction of sp³-hybridized carbons (Fsp3) is 0.125. The molecule has 0 amide bonds. The summed E-state index contributed by atoms with van der Waals surface area (Å²) < 4.78 is 9.43. The first kappa shape index (κ1) is 20.5. The molecule has 1 radical (unpaired) electrons. The largest absolute Gasteiger partial charge is 2.00 e. The summed E-state index contributed by atoms with van der Waals surface area (Å²) in [6.07, 6.45) is 1.04. The van der Waals surface area contributed by atoms with Gasteiger partial charge in [-0.2, -0.15) is 0 Å². The fourth-order valence-corrected chi connectivity index (χ4v) is 1.57. The summed E-state index contributed by atoms with van der Waals surface area (Å²) in [5.41, 5.74) is 0.258. The molecular formula is C16H14CuO6. The maximum atomic E-state index is 11.1. The fourth-order valence-electron chi connectivity index (χ4n) is 1.57. The number of benzene rings is 2. The first-order valence-corrected chi connectivity index (χ1v) is 6.17. The minimum atomic E-state index is -0.356. The maximum absolute atomic E-state index is 11.1. The van der Waals surface area contributed by atoms with Gasteiger partial charge in [-0.1, -0.05) is 35.8 Å². The van der Waals surface area contributed by atoms with Crippen LogP contribution < -0.4 is 19.7 Å². The molecule has 0 fully saturated rings. The van der Waals surface area contributed by atoms with Crippen molar-refractivity contribution in [2.24, 2.45) is 0 Å². The number of hydrogen-bond acceptors (Lipinski definition) is 6. The van der Waals surface area contributed by atoms with Crippen LogP contribution >= 0.6 is 0 Å². The topological polar surface area (TPSA) is 98.7 Å². The van der Waals surface area contributed by atoms with E-state index in [1.165, 1.54) is 38.5 Å². The molecule has 0 bridgehead atoms. The zero-order chi connectivity index (χ0) is 16.5. The third-order valence-corrected chi connectivity index (χ3v) is 2.71. The van der Waals surface area contributed by atoms with Crippen molar-refractivity contribution in [1.29, 1.82) is 0 Å². The van der Waals surface area contributed by atoms with Gasteiger partial charge in [-0.05, 0) is 12.1 Å². The summed E-state index contributed by atoms with van der Waals surface area (Å²) in [4.78, 5) is 20.5. The van der Waals surface area contributed by atoms with Gasteiger partial charge in [0.25, 0.3) is 0 Å². The molecule has 0 aliphatic heterocycles. The summed E-state index contributed by atoms with van der Waals surface area (Å²) >= 11 is 0. The zero-order valence-corrected chi connectivity index (χ0v) is 13.3. The Labute approximate surface area is 144 Å². The normalized spacial score (nSPS) is 8.78. The van der Waals surface area contributed by atoms with Crippen molar-refractivity contribution in [3.63, 3.8) is 0 Å². The molecule has 0 spiro atoms. The van der Waals surface area contributed by atoms with Gasteiger partial charge in [0.2, 0.25) is 0 Å². The molecule has 6 nitrogen and oxygen atoms in total. The molecule has 7 heteroatoms. The maximum Gasteiger partial charge on any atom is 2.00 e. The number of methoxy groups -OCH3 is 2. The van der Waals surface area contributed by atoms with E-state index < -0.39 is 0 Å². The van der Waals surface area contributed by atoms with E-state index in [1.807, 2.05) is 0 Å². The number of carbonyl (C=O) groups excluding carboxylic acids is 2. The smallest absolute Gasteiger partial charge is 0.869 e. The Kier molecular flexibility index (Phi) is 9.15. The predicted octanol–water partition coefficient (Wildman–Crippen LogP) is 1.16. The van der Waals surface area contributed by atoms with Crippen LogP contribution in [0.25, 0.3) is 0 Å². The Balaban J connectivity index is 0.000000403. The monoisotopic (exact) mass is 365 g/mol. The second-order valence-corrected chi connectivity index (χ2v) is 3.99. The van der Waals surface area contributed by atoms with Crippen molar-refractivity contribution in [1.82, 2.24) is 0 Å². The number of ether oxygens (including phenoxy) is 2. The summed E-state index contributed by atoms with van der Waals surface area (Å²) in [7, 11) is 2.79. The van der Waals surface area contributed by atoms with Crippen molar-refractivity contribution in [3.05, 3.63) is 47.5 Å². The molecule has 0 atom stereocenters. The molecule has 0 heterocycles. The van der Waals surface area contributed by atoms with Crippen molar-refractivity contribution >= 4 is 12.6 Å². The van der Waals surface area contributed by atoms with Crippen LogP contribution in [0, 0.1) is 0 Å². The number of para-hydroxylation sites is 2. The zero-order valence-electron chi connectivity index (χ0n) is 12.4. The van der Waals surface area contributed by atoms with Crippen LogP contribution in [0.1, 0.15) is 20.7 Å². The van der Waals surface area contributed by atoms with Gasteiger partial charge in [-0.3, -0.25) is 9.59 Å². The van der Waals surface area contributed by atoms with Crippen LogP contribution in [0.3, 0.4) is 0 Å². The Morgan fingerprint density at radius 2 is 1.13 bits per heavy atom. The molecule has 0 aliphatic carbocycles. The molecule has 0 aromatic heterocycles. The molecule has 23 heavy (non-hydrogen) atoms. The van der Waals surface area contributed by atoms with Crippen molar-refractivity contribution < 1.29 is 46.3 Å². The molecule has 0 N–H and O–H groups in total. The van der Waals surface area contributed by atoms with Crippen molar-refractivity contribution in [3.8, 4) is 23.0 Å². The second kappa shape index (κ2) is 10.3. The van der Waals surface area contributed by atoms with E-state index in [2.05, 4.69) is 0 Å². The number of aldehydes is 2. The molecule has 2 aromatic carbocycles. The summed E-state index contributed by atoms with van der Waals surface area (Å²) in [5, 5.41) is 22.1. The van der Waals surface area contributed by atoms with Crippen LogP contribution in [0.2, 0.25) is 0 Å². The predicted molar refractivity (Wildman–Crippen MR) is 75.7 cm³/mol. The van der Waals surface area contributed by atoms with E-state index in [4.69, 9.17) is 9.47 Å².